The fraction of sp³-hybridized carbons (Fsp3) is 0.348. The van der Waals surface area contributed by atoms with Crippen molar-refractivity contribution in [2.24, 2.45) is 0 Å². The van der Waals surface area contributed by atoms with Crippen LogP contribution in [0.2, 0.25) is 5.02 Å². The average Bonchev–Trinajstić information content (AvgIpc) is 3.36. The number of hydrogen-bond acceptors (Lipinski definition) is 6. The molecule has 1 aliphatic heterocycles. The largest absolute Gasteiger partial charge is 0.379 e. The van der Waals surface area contributed by atoms with Crippen LogP contribution in [0.5, 0.6) is 0 Å². The lowest BCUT2D eigenvalue weighted by atomic mass is 10.2. The van der Waals surface area contributed by atoms with Gasteiger partial charge in [-0.15, -0.1) is 0 Å². The molecule has 0 N–H and O–H groups in total. The number of rotatable bonds is 6. The molecule has 0 bridgehead atoms. The van der Waals surface area contributed by atoms with Gasteiger partial charge >= 0.3 is 0 Å². The number of thiazole rings is 1. The standard InChI is InChI=1S/C23H24ClN5O2S/c1-16-21(28-9-3-2-5-20(28)25-16)22(30)29(10-4-8-27-11-13-31-14-12-27)23-26-18-7-6-17(24)15-19(18)32-23/h2-3,5-7,9,15H,4,8,10-14H2,1H3. The van der Waals surface area contributed by atoms with E-state index in [1.165, 1.54) is 11.3 Å². The molecule has 0 spiro atoms. The molecule has 1 fully saturated rings. The number of fused-ring (bicyclic) bond motifs is 2. The van der Waals surface area contributed by atoms with Crippen LogP contribution in [-0.2, 0) is 4.74 Å². The fourth-order valence-electron chi connectivity index (χ4n) is 4.06. The maximum absolute atomic E-state index is 13.8. The monoisotopic (exact) mass is 469 g/mol. The van der Waals surface area contributed by atoms with E-state index in [1.807, 2.05) is 53.9 Å². The van der Waals surface area contributed by atoms with Crippen molar-refractivity contribution < 1.29 is 9.53 Å². The van der Waals surface area contributed by atoms with Gasteiger partial charge in [-0.05, 0) is 43.7 Å². The lowest BCUT2D eigenvalue weighted by Crippen LogP contribution is -2.39. The highest BCUT2D eigenvalue weighted by Gasteiger charge is 2.26. The minimum Gasteiger partial charge on any atom is -0.379 e. The maximum Gasteiger partial charge on any atom is 0.278 e. The zero-order valence-corrected chi connectivity index (χ0v) is 19.4. The number of anilines is 1. The van der Waals surface area contributed by atoms with Crippen molar-refractivity contribution in [3.8, 4) is 0 Å². The van der Waals surface area contributed by atoms with E-state index < -0.39 is 0 Å². The van der Waals surface area contributed by atoms with Gasteiger partial charge in [0.15, 0.2) is 5.13 Å². The first-order valence-electron chi connectivity index (χ1n) is 10.7. The van der Waals surface area contributed by atoms with Crippen molar-refractivity contribution in [1.29, 1.82) is 0 Å². The summed E-state index contributed by atoms with van der Waals surface area (Å²) in [6, 6.07) is 11.4. The van der Waals surface area contributed by atoms with Crippen molar-refractivity contribution in [2.75, 3.05) is 44.3 Å². The molecule has 4 aromatic rings. The number of benzene rings is 1. The zero-order chi connectivity index (χ0) is 22.1. The van der Waals surface area contributed by atoms with Gasteiger partial charge in [-0.2, -0.15) is 0 Å². The number of nitrogens with zero attached hydrogens (tertiary/aromatic N) is 5. The SMILES string of the molecule is Cc1nc2ccccn2c1C(=O)N(CCCN1CCOCC1)c1nc2ccc(Cl)cc2s1. The number of amides is 1. The fourth-order valence-corrected chi connectivity index (χ4v) is 5.33. The van der Waals surface area contributed by atoms with Crippen LogP contribution >= 0.6 is 22.9 Å². The minimum atomic E-state index is -0.0895. The molecule has 1 amide bonds. The number of halogens is 1. The van der Waals surface area contributed by atoms with E-state index in [9.17, 15) is 4.79 Å². The highest BCUT2D eigenvalue weighted by Crippen LogP contribution is 2.32. The molecule has 0 aliphatic carbocycles. The quantitative estimate of drug-likeness (QED) is 0.422. The Hall–Kier alpha value is -2.52. The molecule has 0 saturated carbocycles. The van der Waals surface area contributed by atoms with Crippen molar-refractivity contribution in [2.45, 2.75) is 13.3 Å². The van der Waals surface area contributed by atoms with Gasteiger partial charge in [0.25, 0.3) is 5.91 Å². The van der Waals surface area contributed by atoms with Crippen LogP contribution in [0.3, 0.4) is 0 Å². The summed E-state index contributed by atoms with van der Waals surface area (Å²) in [6.45, 7) is 6.76. The van der Waals surface area contributed by atoms with Crippen LogP contribution in [0, 0.1) is 6.92 Å². The first-order valence-corrected chi connectivity index (χ1v) is 11.9. The second-order valence-electron chi connectivity index (χ2n) is 7.85. The smallest absolute Gasteiger partial charge is 0.278 e. The Bertz CT molecular complexity index is 1260. The maximum atomic E-state index is 13.8. The number of ether oxygens (including phenoxy) is 1. The van der Waals surface area contributed by atoms with Crippen molar-refractivity contribution >= 4 is 49.8 Å². The predicted octanol–water partition coefficient (Wildman–Crippen LogP) is 4.27. The number of aromatic nitrogens is 3. The van der Waals surface area contributed by atoms with E-state index in [0.29, 0.717) is 28.1 Å². The highest BCUT2D eigenvalue weighted by molar-refractivity contribution is 7.22. The van der Waals surface area contributed by atoms with Gasteiger partial charge in [-0.25, -0.2) is 9.97 Å². The highest BCUT2D eigenvalue weighted by atomic mass is 35.5. The molecule has 0 unspecified atom stereocenters. The molecular formula is C23H24ClN5O2S. The molecule has 9 heteroatoms. The lowest BCUT2D eigenvalue weighted by molar-refractivity contribution is 0.0376. The van der Waals surface area contributed by atoms with Gasteiger partial charge in [0.05, 0.1) is 29.1 Å². The molecule has 3 aromatic heterocycles. The van der Waals surface area contributed by atoms with Gasteiger partial charge in [0, 0.05) is 37.4 Å². The average molecular weight is 470 g/mol. The molecule has 5 rings (SSSR count). The second kappa shape index (κ2) is 9.15. The summed E-state index contributed by atoms with van der Waals surface area (Å²) >= 11 is 7.67. The summed E-state index contributed by atoms with van der Waals surface area (Å²) in [7, 11) is 0. The third-order valence-corrected chi connectivity index (χ3v) is 6.96. The van der Waals surface area contributed by atoms with E-state index >= 15 is 0 Å². The zero-order valence-electron chi connectivity index (χ0n) is 17.8. The first-order chi connectivity index (χ1) is 15.6. The minimum absolute atomic E-state index is 0.0895. The summed E-state index contributed by atoms with van der Waals surface area (Å²) in [5.41, 5.74) is 2.89. The lowest BCUT2D eigenvalue weighted by Gasteiger charge is -2.27. The third kappa shape index (κ3) is 4.23. The summed E-state index contributed by atoms with van der Waals surface area (Å²) < 4.78 is 8.27. The van der Waals surface area contributed by atoms with Crippen LogP contribution in [0.25, 0.3) is 15.9 Å². The Morgan fingerprint density at radius 2 is 2.06 bits per heavy atom. The van der Waals surface area contributed by atoms with Crippen LogP contribution < -0.4 is 4.90 Å². The Balaban J connectivity index is 1.47. The van der Waals surface area contributed by atoms with E-state index in [0.717, 1.165) is 55.1 Å². The summed E-state index contributed by atoms with van der Waals surface area (Å²) in [5, 5.41) is 1.34. The van der Waals surface area contributed by atoms with Crippen molar-refractivity contribution in [3.05, 3.63) is 59.0 Å². The van der Waals surface area contributed by atoms with Crippen LogP contribution in [0.1, 0.15) is 22.6 Å². The topological polar surface area (TPSA) is 63.0 Å². The molecule has 0 radical (unpaired) electrons. The Labute approximate surface area is 195 Å². The van der Waals surface area contributed by atoms with Crippen molar-refractivity contribution in [3.63, 3.8) is 0 Å². The molecule has 7 nitrogen and oxygen atoms in total. The number of carbonyl (C=O) groups excluding carboxylic acids is 1. The van der Waals surface area contributed by atoms with Crippen LogP contribution in [0.15, 0.2) is 42.6 Å². The number of morpholine rings is 1. The van der Waals surface area contributed by atoms with Gasteiger partial charge in [-0.3, -0.25) is 19.0 Å². The number of imidazole rings is 1. The van der Waals surface area contributed by atoms with Gasteiger partial charge in [0.1, 0.15) is 11.3 Å². The molecule has 1 saturated heterocycles. The summed E-state index contributed by atoms with van der Waals surface area (Å²) in [4.78, 5) is 27.4. The summed E-state index contributed by atoms with van der Waals surface area (Å²) in [6.07, 6.45) is 2.73. The van der Waals surface area contributed by atoms with Gasteiger partial charge < -0.3 is 4.74 Å². The second-order valence-corrected chi connectivity index (χ2v) is 9.29. The Kier molecular flexibility index (Phi) is 6.10. The van der Waals surface area contributed by atoms with Crippen LogP contribution in [0.4, 0.5) is 5.13 Å². The predicted molar refractivity (Wildman–Crippen MR) is 128 cm³/mol. The van der Waals surface area contributed by atoms with Gasteiger partial charge in [-0.1, -0.05) is 29.0 Å². The normalized spacial score (nSPS) is 14.9. The van der Waals surface area contributed by atoms with Gasteiger partial charge in [0.2, 0.25) is 0 Å². The van der Waals surface area contributed by atoms with E-state index in [4.69, 9.17) is 21.3 Å². The molecule has 4 heterocycles. The molecule has 32 heavy (non-hydrogen) atoms. The molecule has 1 aliphatic rings. The Morgan fingerprint density at radius 3 is 2.91 bits per heavy atom. The molecule has 1 aromatic carbocycles. The third-order valence-electron chi connectivity index (χ3n) is 5.68. The van der Waals surface area contributed by atoms with E-state index in [-0.39, 0.29) is 5.91 Å². The molecule has 166 valence electrons. The Morgan fingerprint density at radius 1 is 1.22 bits per heavy atom. The number of aryl methyl sites for hydroxylation is 1. The van der Waals surface area contributed by atoms with E-state index in [2.05, 4.69) is 9.88 Å². The number of carbonyl (C=O) groups is 1. The van der Waals surface area contributed by atoms with Crippen molar-refractivity contribution in [1.82, 2.24) is 19.3 Å². The summed E-state index contributed by atoms with van der Waals surface area (Å²) in [5.74, 6) is -0.0895. The van der Waals surface area contributed by atoms with Crippen LogP contribution in [-0.4, -0.2) is 64.6 Å². The number of hydrogen-bond donors (Lipinski definition) is 0. The number of pyridine rings is 1. The van der Waals surface area contributed by atoms with E-state index in [1.54, 1.807) is 4.90 Å². The molecular weight excluding hydrogens is 446 g/mol. The first kappa shape index (κ1) is 21.3. The molecule has 0 atom stereocenters.